The van der Waals surface area contributed by atoms with E-state index in [1.165, 1.54) is 27.8 Å². The molecule has 1 fully saturated rings. The summed E-state index contributed by atoms with van der Waals surface area (Å²) in [5.41, 5.74) is 8.00. The van der Waals surface area contributed by atoms with E-state index < -0.39 is 0 Å². The van der Waals surface area contributed by atoms with Crippen LogP contribution in [0, 0.1) is 0 Å². The molecule has 2 heterocycles. The molecule has 1 aromatic heterocycles. The van der Waals surface area contributed by atoms with E-state index in [0.717, 1.165) is 48.6 Å². The number of hydrogen-bond acceptors (Lipinski definition) is 2. The number of aromatic nitrogens is 1. The number of pyridine rings is 1. The zero-order valence-corrected chi connectivity index (χ0v) is 18.0. The third-order valence-electron chi connectivity index (χ3n) is 6.08. The molecule has 1 N–H and O–H groups in total. The Morgan fingerprint density at radius 1 is 0.968 bits per heavy atom. The van der Waals surface area contributed by atoms with Crippen LogP contribution in [0.3, 0.4) is 0 Å². The molecular weight excluding hydrogens is 406 g/mol. The molecule has 3 aromatic rings. The van der Waals surface area contributed by atoms with Gasteiger partial charge in [-0.25, -0.2) is 4.79 Å². The van der Waals surface area contributed by atoms with Crippen LogP contribution in [0.15, 0.2) is 72.4 Å². The Hall–Kier alpha value is -3.11. The number of hydrogen-bond donors (Lipinski definition) is 1. The number of fused-ring (bicyclic) bond motifs is 2. The zero-order chi connectivity index (χ0) is 21.2. The Kier molecular flexibility index (Phi) is 5.47. The number of halogens is 1. The lowest BCUT2D eigenvalue weighted by Crippen LogP contribution is -2.40. The first-order chi connectivity index (χ1) is 15.2. The van der Waals surface area contributed by atoms with Gasteiger partial charge in [0.1, 0.15) is 0 Å². The maximum absolute atomic E-state index is 13.0. The molecule has 0 radical (unpaired) electrons. The number of amides is 2. The summed E-state index contributed by atoms with van der Waals surface area (Å²) in [5.74, 6) is 0. The number of urea groups is 1. The fourth-order valence-corrected chi connectivity index (χ4v) is 4.80. The summed E-state index contributed by atoms with van der Waals surface area (Å²) in [5, 5.41) is 3.78. The van der Waals surface area contributed by atoms with Gasteiger partial charge in [-0.05, 0) is 78.3 Å². The van der Waals surface area contributed by atoms with Crippen LogP contribution < -0.4 is 5.32 Å². The van der Waals surface area contributed by atoms with Gasteiger partial charge in [-0.2, -0.15) is 0 Å². The summed E-state index contributed by atoms with van der Waals surface area (Å²) in [6.07, 6.45) is 5.63. The Labute approximate surface area is 187 Å². The smallest absolute Gasteiger partial charge is 0.320 e. The molecule has 31 heavy (non-hydrogen) atoms. The lowest BCUT2D eigenvalue weighted by atomic mass is 9.89. The summed E-state index contributed by atoms with van der Waals surface area (Å²) in [4.78, 5) is 19.6. The van der Waals surface area contributed by atoms with E-state index in [9.17, 15) is 4.79 Å². The lowest BCUT2D eigenvalue weighted by molar-refractivity contribution is 0.210. The Morgan fingerprint density at radius 2 is 1.81 bits per heavy atom. The SMILES string of the molecule is O=C(Nc1ccccc1)N1CCC/C(=C2\c3ccc(Cl)cc3CCc3cccnc32)C1. The first kappa shape index (κ1) is 19.8. The first-order valence-electron chi connectivity index (χ1n) is 10.7. The van der Waals surface area contributed by atoms with Crippen LogP contribution in [0.25, 0.3) is 5.57 Å². The molecule has 2 amide bonds. The quantitative estimate of drug-likeness (QED) is 0.518. The van der Waals surface area contributed by atoms with Crippen molar-refractivity contribution in [1.29, 1.82) is 0 Å². The van der Waals surface area contributed by atoms with Crippen molar-refractivity contribution in [2.45, 2.75) is 25.7 Å². The number of nitrogens with one attached hydrogen (secondary N) is 1. The highest BCUT2D eigenvalue weighted by Gasteiger charge is 2.27. The largest absolute Gasteiger partial charge is 0.322 e. The molecule has 1 aliphatic heterocycles. The molecule has 0 saturated carbocycles. The number of carbonyl (C=O) groups excluding carboxylic acids is 1. The second-order valence-corrected chi connectivity index (χ2v) is 8.55. The third kappa shape index (κ3) is 4.08. The molecular formula is C26H24ClN3O. The number of anilines is 1. The standard InChI is InChI=1S/C26H24ClN3O/c27-21-12-13-23-19(16-21)11-10-18-6-4-14-28-25(18)24(23)20-7-5-15-30(17-20)26(31)29-22-8-2-1-3-9-22/h1-4,6,8-9,12-14,16H,5,7,10-11,15,17H2,(H,29,31)/b24-20-. The van der Waals surface area contributed by atoms with Crippen LogP contribution in [-0.2, 0) is 12.8 Å². The molecule has 1 saturated heterocycles. The van der Waals surface area contributed by atoms with Crippen molar-refractivity contribution in [3.8, 4) is 0 Å². The van der Waals surface area contributed by atoms with Crippen molar-refractivity contribution >= 4 is 28.9 Å². The number of piperidine rings is 1. The molecule has 2 aromatic carbocycles. The minimum Gasteiger partial charge on any atom is -0.320 e. The van der Waals surface area contributed by atoms with E-state index in [2.05, 4.69) is 23.5 Å². The van der Waals surface area contributed by atoms with Crippen LogP contribution >= 0.6 is 11.6 Å². The van der Waals surface area contributed by atoms with Crippen LogP contribution in [0.4, 0.5) is 10.5 Å². The van der Waals surface area contributed by atoms with Crippen molar-refractivity contribution in [1.82, 2.24) is 9.88 Å². The van der Waals surface area contributed by atoms with Crippen molar-refractivity contribution in [2.24, 2.45) is 0 Å². The maximum atomic E-state index is 13.0. The normalized spacial score (nSPS) is 18.0. The summed E-state index contributed by atoms with van der Waals surface area (Å²) in [6, 6.07) is 19.9. The second-order valence-electron chi connectivity index (χ2n) is 8.11. The van der Waals surface area contributed by atoms with Gasteiger partial charge in [-0.1, -0.05) is 41.9 Å². The lowest BCUT2D eigenvalue weighted by Gasteiger charge is -2.31. The summed E-state index contributed by atoms with van der Waals surface area (Å²) in [7, 11) is 0. The molecule has 0 atom stereocenters. The van der Waals surface area contributed by atoms with Gasteiger partial charge in [-0.3, -0.25) is 4.98 Å². The Bertz CT molecular complexity index is 1160. The van der Waals surface area contributed by atoms with Gasteiger partial charge < -0.3 is 10.2 Å². The highest BCUT2D eigenvalue weighted by atomic mass is 35.5. The summed E-state index contributed by atoms with van der Waals surface area (Å²) < 4.78 is 0. The van der Waals surface area contributed by atoms with Crippen molar-refractivity contribution in [2.75, 3.05) is 18.4 Å². The maximum Gasteiger partial charge on any atom is 0.322 e. The fourth-order valence-electron chi connectivity index (χ4n) is 4.61. The van der Waals surface area contributed by atoms with Gasteiger partial charge in [0.15, 0.2) is 0 Å². The highest BCUT2D eigenvalue weighted by Crippen LogP contribution is 2.38. The number of aryl methyl sites for hydroxylation is 2. The molecule has 0 unspecified atom stereocenters. The van der Waals surface area contributed by atoms with Gasteiger partial charge in [0.25, 0.3) is 0 Å². The van der Waals surface area contributed by atoms with Crippen LogP contribution in [0.2, 0.25) is 5.02 Å². The van der Waals surface area contributed by atoms with Gasteiger partial charge in [-0.15, -0.1) is 0 Å². The summed E-state index contributed by atoms with van der Waals surface area (Å²) in [6.45, 7) is 1.35. The van der Waals surface area contributed by atoms with Crippen LogP contribution in [0.1, 0.15) is 35.2 Å². The van der Waals surface area contributed by atoms with Gasteiger partial charge >= 0.3 is 6.03 Å². The van der Waals surface area contributed by atoms with Crippen molar-refractivity contribution in [3.63, 3.8) is 0 Å². The van der Waals surface area contributed by atoms with E-state index >= 15 is 0 Å². The average Bonchev–Trinajstić information content (AvgIpc) is 2.96. The van der Waals surface area contributed by atoms with Gasteiger partial charge in [0.05, 0.1) is 5.69 Å². The second kappa shape index (κ2) is 8.56. The molecule has 0 bridgehead atoms. The van der Waals surface area contributed by atoms with E-state index in [1.807, 2.05) is 53.6 Å². The molecule has 5 heteroatoms. The fraction of sp³-hybridized carbons (Fsp3) is 0.231. The Morgan fingerprint density at radius 3 is 2.68 bits per heavy atom. The number of para-hydroxylation sites is 1. The van der Waals surface area contributed by atoms with E-state index in [-0.39, 0.29) is 6.03 Å². The first-order valence-corrected chi connectivity index (χ1v) is 11.1. The molecule has 156 valence electrons. The molecule has 5 rings (SSSR count). The number of likely N-dealkylation sites (tertiary alicyclic amines) is 1. The summed E-state index contributed by atoms with van der Waals surface area (Å²) >= 11 is 6.32. The molecule has 0 spiro atoms. The van der Waals surface area contributed by atoms with Crippen LogP contribution in [-0.4, -0.2) is 29.0 Å². The number of carbonyl (C=O) groups is 1. The third-order valence-corrected chi connectivity index (χ3v) is 6.32. The molecule has 4 nitrogen and oxygen atoms in total. The average molecular weight is 430 g/mol. The van der Waals surface area contributed by atoms with Crippen molar-refractivity contribution in [3.05, 3.63) is 99.8 Å². The molecule has 2 aliphatic rings. The number of nitrogens with zero attached hydrogens (tertiary/aromatic N) is 2. The number of benzene rings is 2. The van der Waals surface area contributed by atoms with E-state index in [4.69, 9.17) is 16.6 Å². The van der Waals surface area contributed by atoms with E-state index in [1.54, 1.807) is 0 Å². The zero-order valence-electron chi connectivity index (χ0n) is 17.3. The van der Waals surface area contributed by atoms with Crippen LogP contribution in [0.5, 0.6) is 0 Å². The van der Waals surface area contributed by atoms with Gasteiger partial charge in [0.2, 0.25) is 0 Å². The molecule has 1 aliphatic carbocycles. The topological polar surface area (TPSA) is 45.2 Å². The predicted molar refractivity (Wildman–Crippen MR) is 125 cm³/mol. The monoisotopic (exact) mass is 429 g/mol. The number of rotatable bonds is 1. The van der Waals surface area contributed by atoms with Crippen molar-refractivity contribution < 1.29 is 4.79 Å². The Balaban J connectivity index is 1.54. The minimum atomic E-state index is -0.0600. The van der Waals surface area contributed by atoms with E-state index in [0.29, 0.717) is 6.54 Å². The highest BCUT2D eigenvalue weighted by molar-refractivity contribution is 6.30. The minimum absolute atomic E-state index is 0.0600. The van der Waals surface area contributed by atoms with Gasteiger partial charge in [0, 0.05) is 35.6 Å². The predicted octanol–water partition coefficient (Wildman–Crippen LogP) is 5.96.